The molecule has 4 aromatic rings. The molecule has 8 N–H and O–H groups in total. The van der Waals surface area contributed by atoms with E-state index in [0.29, 0.717) is 5.69 Å². The van der Waals surface area contributed by atoms with E-state index in [-0.39, 0.29) is 19.3 Å². The molecule has 4 atom stereocenters. The van der Waals surface area contributed by atoms with Crippen LogP contribution >= 0.6 is 0 Å². The molecule has 214 valence electrons. The first-order valence-corrected chi connectivity index (χ1v) is 13.2. The maximum atomic E-state index is 13.3. The number of H-pyrrole nitrogens is 2. The molecule has 0 aliphatic carbocycles. The van der Waals surface area contributed by atoms with E-state index in [1.807, 2.05) is 54.6 Å². The lowest BCUT2D eigenvalue weighted by Crippen LogP contribution is -2.57. The fourth-order valence-electron chi connectivity index (χ4n) is 4.46. The summed E-state index contributed by atoms with van der Waals surface area (Å²) in [5.41, 5.74) is 9.11. The second-order valence-corrected chi connectivity index (χ2v) is 9.83. The highest BCUT2D eigenvalue weighted by molar-refractivity contribution is 5.94. The minimum atomic E-state index is -1.22. The number of benzene rings is 2. The summed E-state index contributed by atoms with van der Waals surface area (Å²) in [5, 5.41) is 18.4. The molecule has 2 aromatic carbocycles. The number of nitrogens with two attached hydrogens (primary N) is 1. The number of carbonyl (C=O) groups excluding carboxylic acids is 3. The Morgan fingerprint density at radius 3 is 2.27 bits per heavy atom. The van der Waals surface area contributed by atoms with Crippen molar-refractivity contribution in [3.05, 3.63) is 90.1 Å². The number of nitrogens with zero attached hydrogens (tertiary/aromatic N) is 1. The molecule has 12 nitrogen and oxygen atoms in total. The Morgan fingerprint density at radius 1 is 0.854 bits per heavy atom. The predicted octanol–water partition coefficient (Wildman–Crippen LogP) is 0.805. The Hall–Kier alpha value is -4.97. The molecule has 2 heterocycles. The number of fused-ring (bicyclic) bond motifs is 1. The van der Waals surface area contributed by atoms with Crippen LogP contribution in [0.15, 0.2) is 73.3 Å². The highest BCUT2D eigenvalue weighted by Crippen LogP contribution is 2.19. The first-order valence-electron chi connectivity index (χ1n) is 13.2. The molecule has 4 rings (SSSR count). The zero-order valence-corrected chi connectivity index (χ0v) is 22.5. The molecule has 0 bridgehead atoms. The average molecular weight is 560 g/mol. The molecule has 0 aliphatic rings. The van der Waals surface area contributed by atoms with Gasteiger partial charge in [0.25, 0.3) is 0 Å². The van der Waals surface area contributed by atoms with Gasteiger partial charge in [-0.15, -0.1) is 0 Å². The fraction of sp³-hybridized carbons (Fsp3) is 0.276. The van der Waals surface area contributed by atoms with Gasteiger partial charge in [0, 0.05) is 48.3 Å². The zero-order valence-electron chi connectivity index (χ0n) is 22.5. The molecule has 0 saturated heterocycles. The van der Waals surface area contributed by atoms with Gasteiger partial charge < -0.3 is 36.8 Å². The van der Waals surface area contributed by atoms with Crippen LogP contribution in [0.3, 0.4) is 0 Å². The molecular formula is C29H33N7O5. The summed E-state index contributed by atoms with van der Waals surface area (Å²) in [6.07, 6.45) is 5.15. The molecule has 0 aliphatic heterocycles. The van der Waals surface area contributed by atoms with Crippen molar-refractivity contribution in [2.75, 3.05) is 0 Å². The van der Waals surface area contributed by atoms with Crippen LogP contribution in [0, 0.1) is 0 Å². The second kappa shape index (κ2) is 13.4. The number of carboxylic acid groups (broad SMARTS) is 1. The lowest BCUT2D eigenvalue weighted by atomic mass is 10.0. The van der Waals surface area contributed by atoms with Crippen molar-refractivity contribution >= 4 is 34.6 Å². The highest BCUT2D eigenvalue weighted by Gasteiger charge is 2.29. The van der Waals surface area contributed by atoms with Crippen LogP contribution in [0.1, 0.15) is 23.7 Å². The number of aromatic amines is 2. The number of rotatable bonds is 13. The number of aromatic nitrogens is 3. The van der Waals surface area contributed by atoms with E-state index in [1.165, 1.54) is 13.3 Å². The number of hydrogen-bond donors (Lipinski definition) is 7. The number of aliphatic carboxylic acids is 1. The normalized spacial score (nSPS) is 14.0. The number of para-hydroxylation sites is 1. The van der Waals surface area contributed by atoms with Gasteiger partial charge in [0.05, 0.1) is 12.4 Å². The summed E-state index contributed by atoms with van der Waals surface area (Å²) in [7, 11) is 0. The summed E-state index contributed by atoms with van der Waals surface area (Å²) >= 11 is 0. The van der Waals surface area contributed by atoms with Crippen molar-refractivity contribution in [1.29, 1.82) is 0 Å². The topological polar surface area (TPSA) is 195 Å². The average Bonchev–Trinajstić information content (AvgIpc) is 3.62. The second-order valence-electron chi connectivity index (χ2n) is 9.83. The van der Waals surface area contributed by atoms with Crippen LogP contribution in [0.25, 0.3) is 10.9 Å². The van der Waals surface area contributed by atoms with Crippen LogP contribution in [-0.4, -0.2) is 67.9 Å². The van der Waals surface area contributed by atoms with Crippen LogP contribution in [0.5, 0.6) is 0 Å². The van der Waals surface area contributed by atoms with Gasteiger partial charge in [-0.05, 0) is 24.1 Å². The third-order valence-corrected chi connectivity index (χ3v) is 6.71. The van der Waals surface area contributed by atoms with E-state index in [0.717, 1.165) is 22.0 Å². The molecular weight excluding hydrogens is 526 g/mol. The van der Waals surface area contributed by atoms with E-state index in [2.05, 4.69) is 30.9 Å². The summed E-state index contributed by atoms with van der Waals surface area (Å²) in [5.74, 6) is -3.03. The van der Waals surface area contributed by atoms with Gasteiger partial charge in [0.1, 0.15) is 18.1 Å². The Kier molecular flexibility index (Phi) is 9.48. The first kappa shape index (κ1) is 29.0. The Balaban J connectivity index is 1.40. The van der Waals surface area contributed by atoms with E-state index < -0.39 is 47.9 Å². The molecule has 12 heteroatoms. The quantitative estimate of drug-likeness (QED) is 0.126. The van der Waals surface area contributed by atoms with E-state index in [9.17, 15) is 24.3 Å². The standard InChI is InChI=1S/C29H33N7O5/c1-17(26(37)36-25(29(40)41)12-19-14-32-23-10-6-5-9-21(19)23)34-28(39)24(11-18-7-3-2-4-8-18)35-27(38)22(30)13-20-15-31-16-33-20/h2-10,14-17,22,24-25,32H,11-13,30H2,1H3,(H,31,33)(H,34,39)(H,35,38)(H,36,37)(H,40,41). The maximum absolute atomic E-state index is 13.3. The summed E-state index contributed by atoms with van der Waals surface area (Å²) in [6, 6.07) is 12.3. The van der Waals surface area contributed by atoms with Crippen molar-refractivity contribution in [3.8, 4) is 0 Å². The van der Waals surface area contributed by atoms with Gasteiger partial charge >= 0.3 is 5.97 Å². The monoisotopic (exact) mass is 559 g/mol. The lowest BCUT2D eigenvalue weighted by molar-refractivity contribution is -0.142. The number of carboxylic acids is 1. The minimum Gasteiger partial charge on any atom is -0.480 e. The van der Waals surface area contributed by atoms with Gasteiger partial charge in [0.2, 0.25) is 17.7 Å². The molecule has 41 heavy (non-hydrogen) atoms. The highest BCUT2D eigenvalue weighted by atomic mass is 16.4. The number of hydrogen-bond acceptors (Lipinski definition) is 6. The molecule has 2 aromatic heterocycles. The molecule has 4 unspecified atom stereocenters. The van der Waals surface area contributed by atoms with Crippen molar-refractivity contribution in [1.82, 2.24) is 30.9 Å². The van der Waals surface area contributed by atoms with Gasteiger partial charge in [-0.2, -0.15) is 0 Å². The van der Waals surface area contributed by atoms with E-state index in [4.69, 9.17) is 5.73 Å². The fourth-order valence-corrected chi connectivity index (χ4v) is 4.46. The molecule has 0 spiro atoms. The largest absolute Gasteiger partial charge is 0.480 e. The molecule has 3 amide bonds. The smallest absolute Gasteiger partial charge is 0.326 e. The number of amides is 3. The van der Waals surface area contributed by atoms with Crippen LogP contribution in [0.2, 0.25) is 0 Å². The Labute approximate surface area is 236 Å². The number of imidazole rings is 1. The van der Waals surface area contributed by atoms with Gasteiger partial charge in [-0.1, -0.05) is 48.5 Å². The lowest BCUT2D eigenvalue weighted by Gasteiger charge is -2.23. The van der Waals surface area contributed by atoms with Crippen molar-refractivity contribution in [2.45, 2.75) is 50.4 Å². The van der Waals surface area contributed by atoms with Gasteiger partial charge in [0.15, 0.2) is 0 Å². The van der Waals surface area contributed by atoms with Crippen molar-refractivity contribution in [2.24, 2.45) is 5.73 Å². The van der Waals surface area contributed by atoms with Crippen molar-refractivity contribution < 1.29 is 24.3 Å². The van der Waals surface area contributed by atoms with Crippen molar-refractivity contribution in [3.63, 3.8) is 0 Å². The summed E-state index contributed by atoms with van der Waals surface area (Å²) in [4.78, 5) is 61.0. The summed E-state index contributed by atoms with van der Waals surface area (Å²) in [6.45, 7) is 1.45. The van der Waals surface area contributed by atoms with Crippen LogP contribution < -0.4 is 21.7 Å². The van der Waals surface area contributed by atoms with Crippen LogP contribution in [0.4, 0.5) is 0 Å². The third-order valence-electron chi connectivity index (χ3n) is 6.71. The van der Waals surface area contributed by atoms with Crippen LogP contribution in [-0.2, 0) is 38.4 Å². The minimum absolute atomic E-state index is 0.0483. The molecule has 0 saturated carbocycles. The van der Waals surface area contributed by atoms with Gasteiger partial charge in [-0.25, -0.2) is 9.78 Å². The Bertz CT molecular complexity index is 1490. The van der Waals surface area contributed by atoms with E-state index in [1.54, 1.807) is 12.4 Å². The first-order chi connectivity index (χ1) is 19.7. The van der Waals surface area contributed by atoms with E-state index >= 15 is 0 Å². The maximum Gasteiger partial charge on any atom is 0.326 e. The number of nitrogens with one attached hydrogen (secondary N) is 5. The third kappa shape index (κ3) is 7.79. The molecule has 0 fully saturated rings. The van der Waals surface area contributed by atoms with Gasteiger partial charge in [-0.3, -0.25) is 14.4 Å². The summed E-state index contributed by atoms with van der Waals surface area (Å²) < 4.78 is 0. The predicted molar refractivity (Wildman–Crippen MR) is 152 cm³/mol. The zero-order chi connectivity index (χ0) is 29.4. The number of carbonyl (C=O) groups is 4. The molecule has 0 radical (unpaired) electrons. The Morgan fingerprint density at radius 2 is 1.56 bits per heavy atom. The SMILES string of the molecule is CC(NC(=O)C(Cc1ccccc1)NC(=O)C(N)Cc1cnc[nH]1)C(=O)NC(Cc1c[nH]c2ccccc12)C(=O)O.